The second kappa shape index (κ2) is 6.15. The molecule has 0 aliphatic carbocycles. The average molecular weight is 289 g/mol. The first kappa shape index (κ1) is 14.7. The van der Waals surface area contributed by atoms with E-state index in [1.807, 2.05) is 35.2 Å². The number of thiocarbonyl (C=S) groups is 1. The Morgan fingerprint density at radius 1 is 1.40 bits per heavy atom. The smallest absolute Gasteiger partial charge is 0.139 e. The van der Waals surface area contributed by atoms with Crippen molar-refractivity contribution in [1.29, 1.82) is 0 Å². The summed E-state index contributed by atoms with van der Waals surface area (Å²) in [7, 11) is 0. The molecule has 0 saturated carbocycles. The van der Waals surface area contributed by atoms with E-state index >= 15 is 0 Å². The summed E-state index contributed by atoms with van der Waals surface area (Å²) < 4.78 is 0. The van der Waals surface area contributed by atoms with Crippen LogP contribution in [0.25, 0.3) is 10.9 Å². The highest BCUT2D eigenvalue weighted by atomic mass is 32.1. The zero-order valence-electron chi connectivity index (χ0n) is 11.7. The van der Waals surface area contributed by atoms with Gasteiger partial charge in [0.25, 0.3) is 0 Å². The first-order valence-electron chi connectivity index (χ1n) is 6.61. The maximum atomic E-state index is 9.26. The third kappa shape index (κ3) is 2.89. The van der Waals surface area contributed by atoms with Gasteiger partial charge in [-0.3, -0.25) is 0 Å². The molecule has 0 saturated heterocycles. The number of pyridine rings is 1. The maximum absolute atomic E-state index is 9.26. The molecule has 2 rings (SSSR count). The molecule has 2 aromatic rings. The largest absolute Gasteiger partial charge is 0.395 e. The fraction of sp³-hybridized carbons (Fsp3) is 0.333. The van der Waals surface area contributed by atoms with Crippen molar-refractivity contribution in [2.75, 3.05) is 18.1 Å². The number of fused-ring (bicyclic) bond motifs is 1. The molecule has 0 radical (unpaired) electrons. The Kier molecular flexibility index (Phi) is 4.52. The van der Waals surface area contributed by atoms with Crippen molar-refractivity contribution >= 4 is 33.9 Å². The molecule has 3 N–H and O–H groups in total. The molecule has 0 unspecified atom stereocenters. The Morgan fingerprint density at radius 2 is 2.10 bits per heavy atom. The first-order chi connectivity index (χ1) is 9.54. The molecule has 1 heterocycles. The average Bonchev–Trinajstić information content (AvgIpc) is 2.43. The SMILES string of the molecule is CC(C)N(CCO)c1nc2ccccc2cc1C(N)=S. The van der Waals surface area contributed by atoms with E-state index in [-0.39, 0.29) is 12.6 Å². The number of para-hydroxylation sites is 1. The van der Waals surface area contributed by atoms with Crippen LogP contribution in [0.5, 0.6) is 0 Å². The molecule has 106 valence electrons. The summed E-state index contributed by atoms with van der Waals surface area (Å²) in [5.41, 5.74) is 7.49. The molecule has 4 nitrogen and oxygen atoms in total. The number of benzene rings is 1. The van der Waals surface area contributed by atoms with Gasteiger partial charge in [0.15, 0.2) is 0 Å². The van der Waals surface area contributed by atoms with Crippen LogP contribution in [0.2, 0.25) is 0 Å². The normalized spacial score (nSPS) is 11.0. The molecule has 20 heavy (non-hydrogen) atoms. The highest BCUT2D eigenvalue weighted by Crippen LogP contribution is 2.25. The fourth-order valence-corrected chi connectivity index (χ4v) is 2.37. The second-order valence-electron chi connectivity index (χ2n) is 4.93. The Bertz CT molecular complexity index is 628. The molecule has 0 bridgehead atoms. The van der Waals surface area contributed by atoms with Crippen molar-refractivity contribution in [2.24, 2.45) is 5.73 Å². The summed E-state index contributed by atoms with van der Waals surface area (Å²) >= 11 is 5.15. The van der Waals surface area contributed by atoms with Gasteiger partial charge < -0.3 is 15.7 Å². The molecule has 0 amide bonds. The van der Waals surface area contributed by atoms with E-state index in [1.54, 1.807) is 0 Å². The predicted octanol–water partition coefficient (Wildman–Crippen LogP) is 2.08. The monoisotopic (exact) mass is 289 g/mol. The van der Waals surface area contributed by atoms with Crippen molar-refractivity contribution in [3.05, 3.63) is 35.9 Å². The molecule has 0 aliphatic rings. The summed E-state index contributed by atoms with van der Waals surface area (Å²) in [5.74, 6) is 0.736. The van der Waals surface area contributed by atoms with Gasteiger partial charge in [0.05, 0.1) is 17.7 Å². The Hall–Kier alpha value is -1.72. The summed E-state index contributed by atoms with van der Waals surface area (Å²) in [6, 6.07) is 10.0. The standard InChI is InChI=1S/C15H19N3OS/c1-10(2)18(7-8-19)15-12(14(16)20)9-11-5-3-4-6-13(11)17-15/h3-6,9-10,19H,7-8H2,1-2H3,(H2,16,20). The number of hydrogen-bond acceptors (Lipinski definition) is 4. The van der Waals surface area contributed by atoms with Crippen LogP contribution < -0.4 is 10.6 Å². The Morgan fingerprint density at radius 3 is 2.70 bits per heavy atom. The molecule has 0 fully saturated rings. The van der Waals surface area contributed by atoms with Crippen LogP contribution >= 0.6 is 12.2 Å². The van der Waals surface area contributed by atoms with Gasteiger partial charge in [0.1, 0.15) is 10.8 Å². The van der Waals surface area contributed by atoms with Crippen molar-refractivity contribution < 1.29 is 5.11 Å². The summed E-state index contributed by atoms with van der Waals surface area (Å²) in [6.07, 6.45) is 0. The Labute approximate surface area is 124 Å². The van der Waals surface area contributed by atoms with E-state index in [2.05, 4.69) is 18.8 Å². The molecule has 0 spiro atoms. The van der Waals surface area contributed by atoms with Crippen LogP contribution in [0.4, 0.5) is 5.82 Å². The van der Waals surface area contributed by atoms with Crippen LogP contribution in [0.1, 0.15) is 19.4 Å². The minimum Gasteiger partial charge on any atom is -0.395 e. The molecule has 0 atom stereocenters. The van der Waals surface area contributed by atoms with Gasteiger partial charge in [-0.15, -0.1) is 0 Å². The van der Waals surface area contributed by atoms with Gasteiger partial charge in [-0.1, -0.05) is 30.4 Å². The number of aliphatic hydroxyl groups excluding tert-OH is 1. The van der Waals surface area contributed by atoms with Crippen molar-refractivity contribution in [2.45, 2.75) is 19.9 Å². The third-order valence-corrected chi connectivity index (χ3v) is 3.43. The Balaban J connectivity index is 2.64. The zero-order chi connectivity index (χ0) is 14.7. The van der Waals surface area contributed by atoms with Crippen molar-refractivity contribution in [3.63, 3.8) is 0 Å². The minimum atomic E-state index is 0.0590. The quantitative estimate of drug-likeness (QED) is 0.825. The number of nitrogens with two attached hydrogens (primary N) is 1. The van der Waals surface area contributed by atoms with E-state index in [9.17, 15) is 5.11 Å². The summed E-state index contributed by atoms with van der Waals surface area (Å²) in [6.45, 7) is 4.66. The number of nitrogens with zero attached hydrogens (tertiary/aromatic N) is 2. The number of anilines is 1. The van der Waals surface area contributed by atoms with E-state index in [1.165, 1.54) is 0 Å². The van der Waals surface area contributed by atoms with E-state index in [4.69, 9.17) is 18.0 Å². The summed E-state index contributed by atoms with van der Waals surface area (Å²) in [4.78, 5) is 7.02. The van der Waals surface area contributed by atoms with Crippen molar-refractivity contribution in [1.82, 2.24) is 4.98 Å². The van der Waals surface area contributed by atoms with Crippen LogP contribution in [0.3, 0.4) is 0 Å². The molecular formula is C15H19N3OS. The number of aromatic nitrogens is 1. The minimum absolute atomic E-state index is 0.0590. The number of rotatable bonds is 5. The third-order valence-electron chi connectivity index (χ3n) is 3.21. The van der Waals surface area contributed by atoms with E-state index in [0.717, 1.165) is 22.3 Å². The van der Waals surface area contributed by atoms with Crippen LogP contribution in [-0.4, -0.2) is 34.3 Å². The zero-order valence-corrected chi connectivity index (χ0v) is 12.5. The van der Waals surface area contributed by atoms with Crippen LogP contribution in [-0.2, 0) is 0 Å². The van der Waals surface area contributed by atoms with Gasteiger partial charge in [-0.2, -0.15) is 0 Å². The fourth-order valence-electron chi connectivity index (χ4n) is 2.22. The lowest BCUT2D eigenvalue weighted by molar-refractivity contribution is 0.298. The number of aliphatic hydroxyl groups is 1. The lowest BCUT2D eigenvalue weighted by Crippen LogP contribution is -2.35. The lowest BCUT2D eigenvalue weighted by Gasteiger charge is -2.29. The molecule has 5 heteroatoms. The molecule has 1 aromatic carbocycles. The molecular weight excluding hydrogens is 270 g/mol. The molecule has 0 aliphatic heterocycles. The van der Waals surface area contributed by atoms with Gasteiger partial charge in [0, 0.05) is 18.0 Å². The first-order valence-corrected chi connectivity index (χ1v) is 7.02. The predicted molar refractivity (Wildman–Crippen MR) is 87.2 cm³/mol. The van der Waals surface area contributed by atoms with Gasteiger partial charge in [-0.05, 0) is 26.0 Å². The number of hydrogen-bond donors (Lipinski definition) is 2. The van der Waals surface area contributed by atoms with E-state index in [0.29, 0.717) is 11.5 Å². The van der Waals surface area contributed by atoms with Gasteiger partial charge in [-0.25, -0.2) is 4.98 Å². The van der Waals surface area contributed by atoms with Crippen LogP contribution in [0, 0.1) is 0 Å². The van der Waals surface area contributed by atoms with Gasteiger partial charge >= 0.3 is 0 Å². The van der Waals surface area contributed by atoms with E-state index < -0.39 is 0 Å². The van der Waals surface area contributed by atoms with Gasteiger partial charge in [0.2, 0.25) is 0 Å². The second-order valence-corrected chi connectivity index (χ2v) is 5.37. The lowest BCUT2D eigenvalue weighted by atomic mass is 10.1. The highest BCUT2D eigenvalue weighted by molar-refractivity contribution is 7.80. The molecule has 1 aromatic heterocycles. The van der Waals surface area contributed by atoms with Crippen LogP contribution in [0.15, 0.2) is 30.3 Å². The maximum Gasteiger partial charge on any atom is 0.139 e. The summed E-state index contributed by atoms with van der Waals surface area (Å²) in [5, 5.41) is 10.3. The van der Waals surface area contributed by atoms with Crippen molar-refractivity contribution in [3.8, 4) is 0 Å². The topological polar surface area (TPSA) is 62.4 Å². The highest BCUT2D eigenvalue weighted by Gasteiger charge is 2.18.